The lowest BCUT2D eigenvalue weighted by Gasteiger charge is -2.12. The van der Waals surface area contributed by atoms with Crippen molar-refractivity contribution in [1.29, 1.82) is 0 Å². The Morgan fingerprint density at radius 2 is 1.79 bits per heavy atom. The summed E-state index contributed by atoms with van der Waals surface area (Å²) in [6, 6.07) is 16.4. The third kappa shape index (κ3) is 3.71. The number of aromatic amines is 1. The van der Waals surface area contributed by atoms with E-state index in [-0.39, 0.29) is 5.69 Å². The van der Waals surface area contributed by atoms with Gasteiger partial charge in [0, 0.05) is 30.3 Å². The number of benzene rings is 2. The normalized spacial score (nSPS) is 11.4. The lowest BCUT2D eigenvalue weighted by molar-refractivity contribution is 0.727. The minimum absolute atomic E-state index is 0.173. The number of aryl methyl sites for hydroxylation is 3. The first kappa shape index (κ1) is 20.7. The lowest BCUT2D eigenvalue weighted by atomic mass is 9.96. The molecule has 2 aromatic carbocycles. The monoisotopic (exact) mass is 440 g/mol. The van der Waals surface area contributed by atoms with E-state index >= 15 is 0 Å². The standard InChI is InChI=1S/C24H24N8O/c1-4-7-21-20(23-28-31(3)24(33)32(23)15(2)25-21)14-16-10-12-17(13-11-16)18-8-5-6-9-19(18)22-26-29-30-27-22/h5-6,8-13H,4,7,14H2,1-3H3,(H,26,27,29,30). The Hall–Kier alpha value is -4.14. The van der Waals surface area contributed by atoms with Gasteiger partial charge >= 0.3 is 5.69 Å². The van der Waals surface area contributed by atoms with E-state index in [4.69, 9.17) is 4.98 Å². The summed E-state index contributed by atoms with van der Waals surface area (Å²) in [4.78, 5) is 17.3. The van der Waals surface area contributed by atoms with Crippen molar-refractivity contribution in [3.05, 3.63) is 81.7 Å². The summed E-state index contributed by atoms with van der Waals surface area (Å²) in [5.74, 6) is 1.23. The molecule has 0 aliphatic heterocycles. The number of aromatic nitrogens is 8. The van der Waals surface area contributed by atoms with Crippen LogP contribution in [0.2, 0.25) is 0 Å². The Kier molecular flexibility index (Phi) is 5.29. The molecular formula is C24H24N8O. The number of nitrogens with one attached hydrogen (secondary N) is 1. The molecule has 5 rings (SSSR count). The van der Waals surface area contributed by atoms with Crippen LogP contribution in [0.3, 0.4) is 0 Å². The number of hydrogen-bond donors (Lipinski definition) is 1. The largest absolute Gasteiger partial charge is 0.351 e. The van der Waals surface area contributed by atoms with E-state index in [0.29, 0.717) is 23.7 Å². The summed E-state index contributed by atoms with van der Waals surface area (Å²) in [6.45, 7) is 3.99. The van der Waals surface area contributed by atoms with Gasteiger partial charge in [0.05, 0.1) is 0 Å². The molecule has 0 radical (unpaired) electrons. The zero-order chi connectivity index (χ0) is 22.9. The molecule has 9 nitrogen and oxygen atoms in total. The van der Waals surface area contributed by atoms with Gasteiger partial charge in [0.2, 0.25) is 5.82 Å². The van der Waals surface area contributed by atoms with Gasteiger partial charge in [-0.05, 0) is 35.2 Å². The molecule has 3 heterocycles. The highest BCUT2D eigenvalue weighted by molar-refractivity contribution is 5.80. The molecule has 0 atom stereocenters. The number of tetrazole rings is 1. The van der Waals surface area contributed by atoms with E-state index in [1.807, 2.05) is 31.2 Å². The Bertz CT molecular complexity index is 1480. The van der Waals surface area contributed by atoms with Crippen molar-refractivity contribution >= 4 is 5.65 Å². The van der Waals surface area contributed by atoms with E-state index in [1.165, 1.54) is 4.68 Å². The molecule has 0 aliphatic carbocycles. The van der Waals surface area contributed by atoms with Crippen LogP contribution < -0.4 is 5.69 Å². The van der Waals surface area contributed by atoms with Gasteiger partial charge in [-0.3, -0.25) is 0 Å². The maximum atomic E-state index is 12.6. The van der Waals surface area contributed by atoms with Crippen molar-refractivity contribution in [2.75, 3.05) is 0 Å². The Morgan fingerprint density at radius 1 is 1.03 bits per heavy atom. The fraction of sp³-hybridized carbons (Fsp3) is 0.250. The van der Waals surface area contributed by atoms with Gasteiger partial charge < -0.3 is 0 Å². The van der Waals surface area contributed by atoms with Crippen LogP contribution in [0.1, 0.15) is 36.0 Å². The molecule has 0 aliphatic rings. The third-order valence-corrected chi connectivity index (χ3v) is 5.81. The number of nitrogens with zero attached hydrogens (tertiary/aromatic N) is 7. The predicted octanol–water partition coefficient (Wildman–Crippen LogP) is 3.13. The SMILES string of the molecule is CCCc1nc(C)n2c(=O)n(C)nc2c1Cc1ccc(-c2ccccc2-c2nn[nH]n2)cc1. The van der Waals surface area contributed by atoms with Crippen molar-refractivity contribution in [3.63, 3.8) is 0 Å². The molecular weight excluding hydrogens is 416 g/mol. The van der Waals surface area contributed by atoms with E-state index in [1.54, 1.807) is 11.4 Å². The van der Waals surface area contributed by atoms with E-state index in [2.05, 4.69) is 56.9 Å². The van der Waals surface area contributed by atoms with Crippen molar-refractivity contribution in [1.82, 2.24) is 39.8 Å². The quantitative estimate of drug-likeness (QED) is 0.435. The minimum atomic E-state index is -0.173. The van der Waals surface area contributed by atoms with Crippen LogP contribution in [0.5, 0.6) is 0 Å². The number of hydrogen-bond acceptors (Lipinski definition) is 6. The highest BCUT2D eigenvalue weighted by Gasteiger charge is 2.18. The molecule has 0 saturated heterocycles. The van der Waals surface area contributed by atoms with Gasteiger partial charge in [-0.25, -0.2) is 18.9 Å². The van der Waals surface area contributed by atoms with Gasteiger partial charge in [0.25, 0.3) is 0 Å². The molecule has 0 unspecified atom stereocenters. The molecule has 3 aromatic heterocycles. The van der Waals surface area contributed by atoms with Gasteiger partial charge in [0.15, 0.2) is 5.65 Å². The Balaban J connectivity index is 1.54. The van der Waals surface area contributed by atoms with Gasteiger partial charge in [-0.1, -0.05) is 61.9 Å². The number of fused-ring (bicyclic) bond motifs is 1. The summed E-state index contributed by atoms with van der Waals surface area (Å²) in [6.07, 6.45) is 2.46. The Morgan fingerprint density at radius 3 is 2.48 bits per heavy atom. The molecule has 166 valence electrons. The topological polar surface area (TPSA) is 107 Å². The second-order valence-electron chi connectivity index (χ2n) is 8.05. The van der Waals surface area contributed by atoms with Crippen molar-refractivity contribution < 1.29 is 0 Å². The van der Waals surface area contributed by atoms with Crippen LogP contribution in [0.4, 0.5) is 0 Å². The molecule has 9 heteroatoms. The van der Waals surface area contributed by atoms with Crippen LogP contribution in [-0.4, -0.2) is 39.8 Å². The summed E-state index contributed by atoms with van der Waals surface area (Å²) < 4.78 is 2.98. The molecule has 0 saturated carbocycles. The number of H-pyrrole nitrogens is 1. The van der Waals surface area contributed by atoms with Crippen molar-refractivity contribution in [2.24, 2.45) is 7.05 Å². The molecule has 1 N–H and O–H groups in total. The molecule has 0 amide bonds. The molecule has 33 heavy (non-hydrogen) atoms. The van der Waals surface area contributed by atoms with E-state index < -0.39 is 0 Å². The van der Waals surface area contributed by atoms with Crippen molar-refractivity contribution in [3.8, 4) is 22.5 Å². The third-order valence-electron chi connectivity index (χ3n) is 5.81. The maximum absolute atomic E-state index is 12.6. The van der Waals surface area contributed by atoms with Crippen LogP contribution in [-0.2, 0) is 19.9 Å². The molecule has 0 spiro atoms. The van der Waals surface area contributed by atoms with Gasteiger partial charge in [-0.2, -0.15) is 5.21 Å². The molecule has 0 bridgehead atoms. The van der Waals surface area contributed by atoms with E-state index in [0.717, 1.165) is 46.4 Å². The van der Waals surface area contributed by atoms with Crippen LogP contribution in [0, 0.1) is 6.92 Å². The average Bonchev–Trinajstić information content (AvgIpc) is 3.46. The predicted molar refractivity (Wildman–Crippen MR) is 125 cm³/mol. The lowest BCUT2D eigenvalue weighted by Crippen LogP contribution is -2.20. The Labute approximate surface area is 190 Å². The van der Waals surface area contributed by atoms with Gasteiger partial charge in [-0.15, -0.1) is 15.3 Å². The highest BCUT2D eigenvalue weighted by atomic mass is 16.2. The van der Waals surface area contributed by atoms with Crippen molar-refractivity contribution in [2.45, 2.75) is 33.1 Å². The first-order valence-corrected chi connectivity index (χ1v) is 10.9. The summed E-state index contributed by atoms with van der Waals surface area (Å²) in [5.41, 5.74) is 6.65. The maximum Gasteiger partial charge on any atom is 0.351 e. The summed E-state index contributed by atoms with van der Waals surface area (Å²) >= 11 is 0. The fourth-order valence-corrected chi connectivity index (χ4v) is 4.23. The van der Waals surface area contributed by atoms with E-state index in [9.17, 15) is 4.79 Å². The summed E-state index contributed by atoms with van der Waals surface area (Å²) in [5, 5.41) is 19.0. The smallest absolute Gasteiger partial charge is 0.246 e. The van der Waals surface area contributed by atoms with Gasteiger partial charge in [0.1, 0.15) is 5.82 Å². The van der Waals surface area contributed by atoms with Crippen LogP contribution in [0.15, 0.2) is 53.3 Å². The first-order valence-electron chi connectivity index (χ1n) is 10.9. The highest BCUT2D eigenvalue weighted by Crippen LogP contribution is 2.30. The second kappa shape index (κ2) is 8.42. The molecule has 0 fully saturated rings. The zero-order valence-electron chi connectivity index (χ0n) is 18.8. The second-order valence-corrected chi connectivity index (χ2v) is 8.05. The minimum Gasteiger partial charge on any atom is -0.246 e. The molecule has 5 aromatic rings. The fourth-order valence-electron chi connectivity index (χ4n) is 4.23. The van der Waals surface area contributed by atoms with Crippen LogP contribution >= 0.6 is 0 Å². The number of rotatable bonds is 6. The average molecular weight is 441 g/mol. The zero-order valence-corrected chi connectivity index (χ0v) is 18.8. The van der Waals surface area contributed by atoms with Crippen LogP contribution in [0.25, 0.3) is 28.2 Å². The summed E-state index contributed by atoms with van der Waals surface area (Å²) in [7, 11) is 1.67. The first-order chi connectivity index (χ1) is 16.1.